The molecule has 0 amide bonds. The lowest BCUT2D eigenvalue weighted by Gasteiger charge is -2.20. The van der Waals surface area contributed by atoms with Crippen molar-refractivity contribution in [1.82, 2.24) is 0 Å². The van der Waals surface area contributed by atoms with Crippen LogP contribution in [0.2, 0.25) is 0 Å². The fourth-order valence-electron chi connectivity index (χ4n) is 1.28. The number of anilines is 1. The molecule has 1 rings (SSSR count). The molecule has 0 fully saturated rings. The van der Waals surface area contributed by atoms with E-state index >= 15 is 0 Å². The Morgan fingerprint density at radius 1 is 1.25 bits per heavy atom. The molecule has 0 aromatic heterocycles. The van der Waals surface area contributed by atoms with Crippen molar-refractivity contribution in [1.29, 1.82) is 0 Å². The van der Waals surface area contributed by atoms with Crippen molar-refractivity contribution < 1.29 is 0 Å². The first kappa shape index (κ1) is 9.46. The maximum atomic E-state index is 4.30. The Bertz CT molecular complexity index is 243. The van der Waals surface area contributed by atoms with Gasteiger partial charge in [-0.3, -0.25) is 0 Å². The molecule has 0 unspecified atom stereocenters. The largest absolute Gasteiger partial charge is 0.372 e. The summed E-state index contributed by atoms with van der Waals surface area (Å²) in [6.45, 7) is 6.42. The van der Waals surface area contributed by atoms with Crippen LogP contribution in [0.15, 0.2) is 29.2 Å². The molecule has 0 aliphatic rings. The molecule has 12 heavy (non-hydrogen) atoms. The van der Waals surface area contributed by atoms with Gasteiger partial charge < -0.3 is 4.90 Å². The Morgan fingerprint density at radius 2 is 1.92 bits per heavy atom. The van der Waals surface area contributed by atoms with E-state index in [1.165, 1.54) is 5.69 Å². The second-order valence-corrected chi connectivity index (χ2v) is 3.21. The molecule has 0 aliphatic carbocycles. The maximum Gasteiger partial charge on any atom is 0.0377 e. The van der Waals surface area contributed by atoms with Gasteiger partial charge in [-0.05, 0) is 32.0 Å². The predicted molar refractivity (Wildman–Crippen MR) is 57.3 cm³/mol. The van der Waals surface area contributed by atoms with Crippen molar-refractivity contribution in [3.05, 3.63) is 24.3 Å². The van der Waals surface area contributed by atoms with E-state index in [0.29, 0.717) is 0 Å². The Balaban J connectivity index is 2.85. The first-order chi connectivity index (χ1) is 5.77. The van der Waals surface area contributed by atoms with Crippen LogP contribution in [-0.4, -0.2) is 13.1 Å². The zero-order valence-electron chi connectivity index (χ0n) is 7.62. The van der Waals surface area contributed by atoms with Crippen LogP contribution in [0.5, 0.6) is 0 Å². The highest BCUT2D eigenvalue weighted by Gasteiger charge is 1.99. The molecule has 0 saturated carbocycles. The molecule has 66 valence electrons. The average Bonchev–Trinajstić information content (AvgIpc) is 2.07. The number of thiol groups is 1. The van der Waals surface area contributed by atoms with E-state index in [-0.39, 0.29) is 0 Å². The number of nitrogens with zero attached hydrogens (tertiary/aromatic N) is 1. The highest BCUT2D eigenvalue weighted by Crippen LogP contribution is 2.17. The zero-order chi connectivity index (χ0) is 8.97. The van der Waals surface area contributed by atoms with E-state index in [2.05, 4.69) is 43.5 Å². The van der Waals surface area contributed by atoms with Gasteiger partial charge in [-0.15, -0.1) is 12.6 Å². The minimum Gasteiger partial charge on any atom is -0.372 e. The fraction of sp³-hybridized carbons (Fsp3) is 0.400. The number of rotatable bonds is 3. The van der Waals surface area contributed by atoms with Gasteiger partial charge in [-0.25, -0.2) is 0 Å². The van der Waals surface area contributed by atoms with Gasteiger partial charge in [0.1, 0.15) is 0 Å². The van der Waals surface area contributed by atoms with Crippen LogP contribution < -0.4 is 4.90 Å². The van der Waals surface area contributed by atoms with Crippen molar-refractivity contribution >= 4 is 18.3 Å². The van der Waals surface area contributed by atoms with E-state index in [0.717, 1.165) is 18.0 Å². The third-order valence-electron chi connectivity index (χ3n) is 1.96. The number of benzene rings is 1. The molecule has 0 spiro atoms. The molecule has 1 aromatic rings. The smallest absolute Gasteiger partial charge is 0.0377 e. The van der Waals surface area contributed by atoms with Gasteiger partial charge in [0.15, 0.2) is 0 Å². The monoisotopic (exact) mass is 181 g/mol. The minimum absolute atomic E-state index is 1.03. The van der Waals surface area contributed by atoms with E-state index in [9.17, 15) is 0 Å². The zero-order valence-corrected chi connectivity index (χ0v) is 8.51. The first-order valence-corrected chi connectivity index (χ1v) is 4.76. The van der Waals surface area contributed by atoms with Gasteiger partial charge in [-0.1, -0.05) is 6.07 Å². The van der Waals surface area contributed by atoms with Gasteiger partial charge in [0.2, 0.25) is 0 Å². The molecule has 1 nitrogen and oxygen atoms in total. The summed E-state index contributed by atoms with van der Waals surface area (Å²) in [5.41, 5.74) is 1.26. The molecular weight excluding hydrogens is 166 g/mol. The third kappa shape index (κ3) is 2.18. The summed E-state index contributed by atoms with van der Waals surface area (Å²) in [6.07, 6.45) is 0. The summed E-state index contributed by atoms with van der Waals surface area (Å²) >= 11 is 4.30. The SMILES string of the molecule is CCN(CC)c1cccc(S)c1. The van der Waals surface area contributed by atoms with Crippen molar-refractivity contribution in [3.63, 3.8) is 0 Å². The lowest BCUT2D eigenvalue weighted by molar-refractivity contribution is 0.864. The Morgan fingerprint density at radius 3 is 2.42 bits per heavy atom. The van der Waals surface area contributed by atoms with Gasteiger partial charge in [-0.2, -0.15) is 0 Å². The lowest BCUT2D eigenvalue weighted by atomic mass is 10.3. The summed E-state index contributed by atoms with van der Waals surface area (Å²) in [6, 6.07) is 8.24. The molecule has 1 aromatic carbocycles. The summed E-state index contributed by atoms with van der Waals surface area (Å²) in [5.74, 6) is 0. The molecule has 0 heterocycles. The van der Waals surface area contributed by atoms with Crippen LogP contribution in [0.1, 0.15) is 13.8 Å². The van der Waals surface area contributed by atoms with E-state index < -0.39 is 0 Å². The number of hydrogen-bond acceptors (Lipinski definition) is 2. The second-order valence-electron chi connectivity index (χ2n) is 2.69. The molecule has 2 heteroatoms. The maximum absolute atomic E-state index is 4.30. The average molecular weight is 181 g/mol. The summed E-state index contributed by atoms with van der Waals surface area (Å²) in [5, 5.41) is 0. The highest BCUT2D eigenvalue weighted by atomic mass is 32.1. The molecule has 0 saturated heterocycles. The normalized spacial score (nSPS) is 9.92. The Hall–Kier alpha value is -0.630. The lowest BCUT2D eigenvalue weighted by Crippen LogP contribution is -2.21. The molecule has 0 aliphatic heterocycles. The Kier molecular flexibility index (Phi) is 3.48. The predicted octanol–water partition coefficient (Wildman–Crippen LogP) is 2.82. The van der Waals surface area contributed by atoms with Crippen LogP contribution in [0.4, 0.5) is 5.69 Å². The first-order valence-electron chi connectivity index (χ1n) is 4.32. The van der Waals surface area contributed by atoms with Gasteiger partial charge >= 0.3 is 0 Å². The topological polar surface area (TPSA) is 3.24 Å². The van der Waals surface area contributed by atoms with Crippen molar-refractivity contribution in [2.45, 2.75) is 18.7 Å². The summed E-state index contributed by atoms with van der Waals surface area (Å²) in [7, 11) is 0. The van der Waals surface area contributed by atoms with Gasteiger partial charge in [0, 0.05) is 23.7 Å². The molecule has 0 bridgehead atoms. The van der Waals surface area contributed by atoms with E-state index in [1.807, 2.05) is 12.1 Å². The fourth-order valence-corrected chi connectivity index (χ4v) is 1.50. The standard InChI is InChI=1S/C10H15NS/c1-3-11(4-2)9-6-5-7-10(12)8-9/h5-8,12H,3-4H2,1-2H3. The quantitative estimate of drug-likeness (QED) is 0.702. The minimum atomic E-state index is 1.03. The molecule has 0 N–H and O–H groups in total. The molecular formula is C10H15NS. The van der Waals surface area contributed by atoms with Crippen LogP contribution >= 0.6 is 12.6 Å². The second kappa shape index (κ2) is 4.41. The van der Waals surface area contributed by atoms with Crippen LogP contribution in [0.3, 0.4) is 0 Å². The van der Waals surface area contributed by atoms with Crippen molar-refractivity contribution in [2.75, 3.05) is 18.0 Å². The van der Waals surface area contributed by atoms with E-state index in [4.69, 9.17) is 0 Å². The summed E-state index contributed by atoms with van der Waals surface area (Å²) < 4.78 is 0. The molecule has 0 radical (unpaired) electrons. The highest BCUT2D eigenvalue weighted by molar-refractivity contribution is 7.80. The van der Waals surface area contributed by atoms with Gasteiger partial charge in [0.05, 0.1) is 0 Å². The van der Waals surface area contributed by atoms with Gasteiger partial charge in [0.25, 0.3) is 0 Å². The van der Waals surface area contributed by atoms with E-state index in [1.54, 1.807) is 0 Å². The third-order valence-corrected chi connectivity index (χ3v) is 2.24. The van der Waals surface area contributed by atoms with Crippen molar-refractivity contribution in [2.24, 2.45) is 0 Å². The van der Waals surface area contributed by atoms with Crippen LogP contribution in [-0.2, 0) is 0 Å². The molecule has 0 atom stereocenters. The summed E-state index contributed by atoms with van der Waals surface area (Å²) in [4.78, 5) is 3.33. The van der Waals surface area contributed by atoms with Crippen LogP contribution in [0, 0.1) is 0 Å². The Labute approximate surface area is 79.8 Å². The number of hydrogen-bond donors (Lipinski definition) is 1. The van der Waals surface area contributed by atoms with Crippen LogP contribution in [0.25, 0.3) is 0 Å². The van der Waals surface area contributed by atoms with Crippen molar-refractivity contribution in [3.8, 4) is 0 Å².